The van der Waals surface area contributed by atoms with Crippen molar-refractivity contribution < 1.29 is 4.79 Å². The summed E-state index contributed by atoms with van der Waals surface area (Å²) in [5.74, 6) is 1.32. The number of amides is 1. The summed E-state index contributed by atoms with van der Waals surface area (Å²) in [6, 6.07) is 4.13. The van der Waals surface area contributed by atoms with Crippen LogP contribution in [0.3, 0.4) is 0 Å². The first kappa shape index (κ1) is 15.3. The quantitative estimate of drug-likeness (QED) is 0.831. The largest absolute Gasteiger partial charge is 0.337 e. The maximum atomic E-state index is 12.4. The van der Waals surface area contributed by atoms with Gasteiger partial charge in [0.2, 0.25) is 0 Å². The lowest BCUT2D eigenvalue weighted by molar-refractivity contribution is 0.0788. The second kappa shape index (κ2) is 6.12. The Labute approximate surface area is 132 Å². The van der Waals surface area contributed by atoms with Gasteiger partial charge in [0.05, 0.1) is 8.66 Å². The molecular formula is C13H18BrClN2OS. The fourth-order valence-corrected chi connectivity index (χ4v) is 4.62. The lowest BCUT2D eigenvalue weighted by Gasteiger charge is -2.29. The SMILES string of the molecule is Cl.NC1CCCC2CN(C(=O)c3ccc(Br)s3)CC12. The summed E-state index contributed by atoms with van der Waals surface area (Å²) >= 11 is 4.92. The Morgan fingerprint density at radius 2 is 2.16 bits per heavy atom. The third-order valence-electron chi connectivity index (χ3n) is 4.23. The van der Waals surface area contributed by atoms with Crippen LogP contribution in [0.15, 0.2) is 15.9 Å². The van der Waals surface area contributed by atoms with Gasteiger partial charge in [0.15, 0.2) is 0 Å². The Kier molecular flexibility index (Phi) is 4.93. The molecule has 2 N–H and O–H groups in total. The summed E-state index contributed by atoms with van der Waals surface area (Å²) in [6.07, 6.45) is 3.57. The molecule has 6 heteroatoms. The molecule has 1 aromatic rings. The predicted octanol–water partition coefficient (Wildman–Crippen LogP) is 3.13. The Morgan fingerprint density at radius 3 is 2.79 bits per heavy atom. The molecule has 1 aliphatic carbocycles. The zero-order valence-corrected chi connectivity index (χ0v) is 13.8. The normalized spacial score (nSPS) is 29.8. The predicted molar refractivity (Wildman–Crippen MR) is 84.0 cm³/mol. The number of hydrogen-bond donors (Lipinski definition) is 1. The van der Waals surface area contributed by atoms with E-state index >= 15 is 0 Å². The second-order valence-electron chi connectivity index (χ2n) is 5.33. The average molecular weight is 366 g/mol. The van der Waals surface area contributed by atoms with Crippen LogP contribution in [0.5, 0.6) is 0 Å². The van der Waals surface area contributed by atoms with E-state index in [2.05, 4.69) is 15.9 Å². The van der Waals surface area contributed by atoms with E-state index in [-0.39, 0.29) is 24.4 Å². The van der Waals surface area contributed by atoms with Gasteiger partial charge in [0.25, 0.3) is 5.91 Å². The molecule has 2 heterocycles. The molecule has 2 aliphatic rings. The van der Waals surface area contributed by atoms with E-state index < -0.39 is 0 Å². The van der Waals surface area contributed by atoms with Gasteiger partial charge in [-0.2, -0.15) is 0 Å². The molecule has 3 atom stereocenters. The molecule has 0 radical (unpaired) electrons. The lowest BCUT2D eigenvalue weighted by Crippen LogP contribution is -2.38. The third-order valence-corrected chi connectivity index (χ3v) is 5.84. The van der Waals surface area contributed by atoms with Crippen molar-refractivity contribution in [1.29, 1.82) is 0 Å². The van der Waals surface area contributed by atoms with E-state index in [9.17, 15) is 4.79 Å². The summed E-state index contributed by atoms with van der Waals surface area (Å²) in [7, 11) is 0. The first-order valence-corrected chi connectivity index (χ1v) is 8.06. The van der Waals surface area contributed by atoms with Gasteiger partial charge in [0.1, 0.15) is 0 Å². The molecule has 3 rings (SSSR count). The van der Waals surface area contributed by atoms with Crippen LogP contribution in [0, 0.1) is 11.8 Å². The molecule has 2 fully saturated rings. The van der Waals surface area contributed by atoms with Crippen LogP contribution in [0.1, 0.15) is 28.9 Å². The van der Waals surface area contributed by atoms with Crippen LogP contribution in [-0.4, -0.2) is 29.9 Å². The van der Waals surface area contributed by atoms with E-state index in [1.807, 2.05) is 17.0 Å². The number of nitrogens with two attached hydrogens (primary N) is 1. The van der Waals surface area contributed by atoms with Crippen molar-refractivity contribution in [3.63, 3.8) is 0 Å². The molecular weight excluding hydrogens is 348 g/mol. The van der Waals surface area contributed by atoms with Crippen molar-refractivity contribution in [2.45, 2.75) is 25.3 Å². The number of carbonyl (C=O) groups is 1. The summed E-state index contributed by atoms with van der Waals surface area (Å²) in [5, 5.41) is 0. The summed E-state index contributed by atoms with van der Waals surface area (Å²) in [6.45, 7) is 1.74. The van der Waals surface area contributed by atoms with Gasteiger partial charge in [-0.25, -0.2) is 0 Å². The van der Waals surface area contributed by atoms with Crippen molar-refractivity contribution in [2.24, 2.45) is 17.6 Å². The topological polar surface area (TPSA) is 46.3 Å². The minimum absolute atomic E-state index is 0. The van der Waals surface area contributed by atoms with E-state index in [1.165, 1.54) is 24.2 Å². The van der Waals surface area contributed by atoms with E-state index in [0.29, 0.717) is 11.8 Å². The highest BCUT2D eigenvalue weighted by atomic mass is 79.9. The van der Waals surface area contributed by atoms with Crippen molar-refractivity contribution in [1.82, 2.24) is 4.90 Å². The fourth-order valence-electron chi connectivity index (χ4n) is 3.27. The zero-order valence-electron chi connectivity index (χ0n) is 10.5. The van der Waals surface area contributed by atoms with Crippen LogP contribution in [0.2, 0.25) is 0 Å². The summed E-state index contributed by atoms with van der Waals surface area (Å²) in [5.41, 5.74) is 6.18. The maximum absolute atomic E-state index is 12.4. The average Bonchev–Trinajstić information content (AvgIpc) is 2.95. The number of thiophene rings is 1. The zero-order chi connectivity index (χ0) is 12.7. The van der Waals surface area contributed by atoms with E-state index in [1.54, 1.807) is 0 Å². The van der Waals surface area contributed by atoms with Gasteiger partial charge in [-0.3, -0.25) is 4.79 Å². The number of rotatable bonds is 1. The van der Waals surface area contributed by atoms with Crippen molar-refractivity contribution >= 4 is 45.6 Å². The Bertz CT molecular complexity index is 467. The number of nitrogens with zero attached hydrogens (tertiary/aromatic N) is 1. The highest BCUT2D eigenvalue weighted by Crippen LogP contribution is 2.36. The number of carbonyl (C=O) groups excluding carboxylic acids is 1. The van der Waals surface area contributed by atoms with Gasteiger partial charge in [-0.15, -0.1) is 23.7 Å². The van der Waals surface area contributed by atoms with Crippen LogP contribution in [-0.2, 0) is 0 Å². The fraction of sp³-hybridized carbons (Fsp3) is 0.615. The molecule has 0 aromatic carbocycles. The maximum Gasteiger partial charge on any atom is 0.263 e. The van der Waals surface area contributed by atoms with E-state index in [4.69, 9.17) is 5.73 Å². The number of hydrogen-bond acceptors (Lipinski definition) is 3. The Hall–Kier alpha value is -0.100. The van der Waals surface area contributed by atoms with Crippen LogP contribution < -0.4 is 5.73 Å². The van der Waals surface area contributed by atoms with Crippen LogP contribution in [0.4, 0.5) is 0 Å². The van der Waals surface area contributed by atoms with Crippen molar-refractivity contribution in [3.8, 4) is 0 Å². The number of halogens is 2. The monoisotopic (exact) mass is 364 g/mol. The first-order valence-electron chi connectivity index (χ1n) is 6.45. The van der Waals surface area contributed by atoms with Gasteiger partial charge >= 0.3 is 0 Å². The number of likely N-dealkylation sites (tertiary alicyclic amines) is 1. The van der Waals surface area contributed by atoms with Gasteiger partial charge < -0.3 is 10.6 Å². The first-order chi connectivity index (χ1) is 8.65. The van der Waals surface area contributed by atoms with E-state index in [0.717, 1.165) is 28.2 Å². The van der Waals surface area contributed by atoms with Crippen molar-refractivity contribution in [3.05, 3.63) is 20.8 Å². The highest BCUT2D eigenvalue weighted by Gasteiger charge is 2.40. The molecule has 1 amide bonds. The van der Waals surface area contributed by atoms with Crippen LogP contribution >= 0.6 is 39.7 Å². The third kappa shape index (κ3) is 2.99. The van der Waals surface area contributed by atoms with Gasteiger partial charge in [-0.1, -0.05) is 6.42 Å². The molecule has 1 aliphatic heterocycles. The van der Waals surface area contributed by atoms with Crippen molar-refractivity contribution in [2.75, 3.05) is 13.1 Å². The molecule has 106 valence electrons. The molecule has 1 saturated heterocycles. The summed E-state index contributed by atoms with van der Waals surface area (Å²) < 4.78 is 1.01. The second-order valence-corrected chi connectivity index (χ2v) is 7.80. The Morgan fingerprint density at radius 1 is 1.37 bits per heavy atom. The number of fused-ring (bicyclic) bond motifs is 1. The molecule has 1 aromatic heterocycles. The molecule has 0 spiro atoms. The minimum atomic E-state index is 0. The van der Waals surface area contributed by atoms with Crippen LogP contribution in [0.25, 0.3) is 0 Å². The summed E-state index contributed by atoms with van der Waals surface area (Å²) in [4.78, 5) is 15.2. The van der Waals surface area contributed by atoms with Gasteiger partial charge in [-0.05, 0) is 52.7 Å². The lowest BCUT2D eigenvalue weighted by atomic mass is 9.78. The smallest absolute Gasteiger partial charge is 0.263 e. The molecule has 19 heavy (non-hydrogen) atoms. The molecule has 3 nitrogen and oxygen atoms in total. The molecule has 1 saturated carbocycles. The molecule has 0 bridgehead atoms. The van der Waals surface area contributed by atoms with Gasteiger partial charge in [0, 0.05) is 19.1 Å². The highest BCUT2D eigenvalue weighted by molar-refractivity contribution is 9.11. The standard InChI is InChI=1S/C13H17BrN2OS.ClH/c14-12-5-4-11(18-12)13(17)16-6-8-2-1-3-10(15)9(8)7-16;/h4-5,8-10H,1-3,6-7,15H2;1H. The Balaban J connectivity index is 0.00000133. The molecule has 3 unspecified atom stereocenters. The minimum Gasteiger partial charge on any atom is -0.337 e.